The van der Waals surface area contributed by atoms with Crippen LogP contribution in [0.25, 0.3) is 0 Å². The second-order valence-electron chi connectivity index (χ2n) is 5.58. The molecule has 3 aromatic rings. The molecule has 0 aliphatic carbocycles. The molecule has 1 heterocycles. The average molecular weight is 301 g/mol. The van der Waals surface area contributed by atoms with Gasteiger partial charge in [0, 0.05) is 30.3 Å². The van der Waals surface area contributed by atoms with E-state index in [-0.39, 0.29) is 11.7 Å². The summed E-state index contributed by atoms with van der Waals surface area (Å²) in [5.41, 5.74) is 3.16. The van der Waals surface area contributed by atoms with E-state index >= 15 is 0 Å². The molecule has 0 aliphatic rings. The molecule has 0 radical (unpaired) electrons. The van der Waals surface area contributed by atoms with Crippen LogP contribution in [0.1, 0.15) is 40.2 Å². The number of ketones is 1. The summed E-state index contributed by atoms with van der Waals surface area (Å²) in [5, 5.41) is 0. The molecule has 0 bridgehead atoms. The minimum absolute atomic E-state index is 0.190. The highest BCUT2D eigenvalue weighted by Gasteiger charge is 2.16. The number of carbonyl (C=O) groups excluding carboxylic acids is 1. The summed E-state index contributed by atoms with van der Waals surface area (Å²) in [6.07, 6.45) is 4.98. The number of carbonyl (C=O) groups is 1. The van der Waals surface area contributed by atoms with E-state index in [1.807, 2.05) is 60.8 Å². The Morgan fingerprint density at radius 1 is 0.826 bits per heavy atom. The van der Waals surface area contributed by atoms with E-state index in [1.165, 1.54) is 5.56 Å². The van der Waals surface area contributed by atoms with E-state index in [4.69, 9.17) is 0 Å². The zero-order valence-corrected chi connectivity index (χ0v) is 12.9. The average Bonchev–Trinajstić information content (AvgIpc) is 2.64. The highest BCUT2D eigenvalue weighted by atomic mass is 16.1. The molecular weight excluding hydrogens is 282 g/mol. The van der Waals surface area contributed by atoms with Crippen molar-refractivity contribution in [3.8, 4) is 0 Å². The molecule has 0 saturated carbocycles. The fraction of sp³-hybridized carbons (Fsp3) is 0.143. The molecule has 0 saturated heterocycles. The fourth-order valence-electron chi connectivity index (χ4n) is 2.84. The van der Waals surface area contributed by atoms with Crippen LogP contribution in [0.15, 0.2) is 85.2 Å². The van der Waals surface area contributed by atoms with Crippen molar-refractivity contribution in [2.45, 2.75) is 18.8 Å². The molecule has 1 atom stereocenters. The Morgan fingerprint density at radius 2 is 1.48 bits per heavy atom. The summed E-state index contributed by atoms with van der Waals surface area (Å²) in [7, 11) is 0. The van der Waals surface area contributed by atoms with Crippen LogP contribution in [0.2, 0.25) is 0 Å². The van der Waals surface area contributed by atoms with Crippen molar-refractivity contribution in [3.63, 3.8) is 0 Å². The van der Waals surface area contributed by atoms with Crippen LogP contribution < -0.4 is 0 Å². The standard InChI is InChI=1S/C21H19NO/c23-21(18-10-5-2-6-11-18)14-13-20(17-8-3-1-4-9-17)19-12-7-15-22-16-19/h1-12,15-16,20H,13-14H2. The van der Waals surface area contributed by atoms with Crippen LogP contribution in [-0.4, -0.2) is 10.8 Å². The molecule has 1 unspecified atom stereocenters. The maximum absolute atomic E-state index is 12.4. The second-order valence-corrected chi connectivity index (χ2v) is 5.58. The number of aromatic nitrogens is 1. The van der Waals surface area contributed by atoms with E-state index < -0.39 is 0 Å². The largest absolute Gasteiger partial charge is 0.294 e. The first-order chi connectivity index (χ1) is 11.3. The van der Waals surface area contributed by atoms with Gasteiger partial charge in [0.1, 0.15) is 0 Å². The van der Waals surface area contributed by atoms with Crippen LogP contribution in [0.3, 0.4) is 0 Å². The predicted octanol–water partition coefficient (Wildman–Crippen LogP) is 4.88. The number of rotatable bonds is 6. The molecular formula is C21H19NO. The summed E-state index contributed by atoms with van der Waals surface area (Å²) in [6, 6.07) is 23.9. The molecule has 2 aromatic carbocycles. The van der Waals surface area contributed by atoms with Crippen LogP contribution in [0, 0.1) is 0 Å². The Morgan fingerprint density at radius 3 is 2.13 bits per heavy atom. The first kappa shape index (κ1) is 15.2. The summed E-state index contributed by atoms with van der Waals surface area (Å²) in [4.78, 5) is 16.6. The Bertz CT molecular complexity index is 699. The highest BCUT2D eigenvalue weighted by Crippen LogP contribution is 2.29. The second kappa shape index (κ2) is 7.50. The van der Waals surface area contributed by atoms with Gasteiger partial charge in [-0.15, -0.1) is 0 Å². The molecule has 0 N–H and O–H groups in total. The predicted molar refractivity (Wildman–Crippen MR) is 92.5 cm³/mol. The topological polar surface area (TPSA) is 30.0 Å². The minimum Gasteiger partial charge on any atom is -0.294 e. The van der Waals surface area contributed by atoms with Gasteiger partial charge in [-0.1, -0.05) is 66.7 Å². The molecule has 0 spiro atoms. The summed E-state index contributed by atoms with van der Waals surface area (Å²) in [5.74, 6) is 0.382. The van der Waals surface area contributed by atoms with E-state index in [1.54, 1.807) is 6.20 Å². The molecule has 3 rings (SSSR count). The molecule has 2 nitrogen and oxygen atoms in total. The third-order valence-corrected chi connectivity index (χ3v) is 4.04. The number of benzene rings is 2. The first-order valence-electron chi connectivity index (χ1n) is 7.88. The van der Waals surface area contributed by atoms with Gasteiger partial charge in [0.25, 0.3) is 0 Å². The van der Waals surface area contributed by atoms with E-state index in [0.717, 1.165) is 17.5 Å². The van der Waals surface area contributed by atoms with E-state index in [9.17, 15) is 4.79 Å². The maximum atomic E-state index is 12.4. The van der Waals surface area contributed by atoms with Crippen LogP contribution in [-0.2, 0) is 0 Å². The number of pyridine rings is 1. The van der Waals surface area contributed by atoms with E-state index in [0.29, 0.717) is 6.42 Å². The van der Waals surface area contributed by atoms with Gasteiger partial charge in [-0.3, -0.25) is 9.78 Å². The zero-order chi connectivity index (χ0) is 15.9. The van der Waals surface area contributed by atoms with Gasteiger partial charge in [0.15, 0.2) is 5.78 Å². The molecule has 2 heteroatoms. The van der Waals surface area contributed by atoms with Gasteiger partial charge < -0.3 is 0 Å². The minimum atomic E-state index is 0.190. The summed E-state index contributed by atoms with van der Waals surface area (Å²) >= 11 is 0. The Balaban J connectivity index is 1.79. The maximum Gasteiger partial charge on any atom is 0.162 e. The molecule has 114 valence electrons. The number of hydrogen-bond donors (Lipinski definition) is 0. The number of nitrogens with zero attached hydrogens (tertiary/aromatic N) is 1. The van der Waals surface area contributed by atoms with Crippen molar-refractivity contribution in [1.29, 1.82) is 0 Å². The Kier molecular flexibility index (Phi) is 4.95. The molecule has 0 aliphatic heterocycles. The van der Waals surface area contributed by atoms with Crippen LogP contribution in [0.5, 0.6) is 0 Å². The number of Topliss-reactive ketones (excluding diaryl/α,β-unsaturated/α-hetero) is 1. The van der Waals surface area contributed by atoms with Crippen LogP contribution >= 0.6 is 0 Å². The SMILES string of the molecule is O=C(CCC(c1ccccc1)c1cccnc1)c1ccccc1. The van der Waals surface area contributed by atoms with Gasteiger partial charge in [-0.2, -0.15) is 0 Å². The van der Waals surface area contributed by atoms with Gasteiger partial charge >= 0.3 is 0 Å². The van der Waals surface area contributed by atoms with Crippen molar-refractivity contribution in [2.24, 2.45) is 0 Å². The van der Waals surface area contributed by atoms with Crippen molar-refractivity contribution >= 4 is 5.78 Å². The smallest absolute Gasteiger partial charge is 0.162 e. The van der Waals surface area contributed by atoms with Gasteiger partial charge in [-0.05, 0) is 23.6 Å². The number of hydrogen-bond acceptors (Lipinski definition) is 2. The monoisotopic (exact) mass is 301 g/mol. The summed E-state index contributed by atoms with van der Waals surface area (Å²) < 4.78 is 0. The molecule has 0 amide bonds. The lowest BCUT2D eigenvalue weighted by Gasteiger charge is -2.17. The van der Waals surface area contributed by atoms with Gasteiger partial charge in [0.2, 0.25) is 0 Å². The lowest BCUT2D eigenvalue weighted by Crippen LogP contribution is -2.06. The summed E-state index contributed by atoms with van der Waals surface area (Å²) in [6.45, 7) is 0. The van der Waals surface area contributed by atoms with Crippen molar-refractivity contribution in [2.75, 3.05) is 0 Å². The van der Waals surface area contributed by atoms with Crippen molar-refractivity contribution in [3.05, 3.63) is 102 Å². The molecule has 1 aromatic heterocycles. The normalized spacial score (nSPS) is 11.8. The Labute approximate surface area is 136 Å². The lowest BCUT2D eigenvalue weighted by molar-refractivity contribution is 0.0978. The molecule has 23 heavy (non-hydrogen) atoms. The first-order valence-corrected chi connectivity index (χ1v) is 7.88. The van der Waals surface area contributed by atoms with Crippen molar-refractivity contribution < 1.29 is 4.79 Å². The highest BCUT2D eigenvalue weighted by molar-refractivity contribution is 5.96. The van der Waals surface area contributed by atoms with Crippen LogP contribution in [0.4, 0.5) is 0 Å². The fourth-order valence-corrected chi connectivity index (χ4v) is 2.84. The van der Waals surface area contributed by atoms with Crippen molar-refractivity contribution in [1.82, 2.24) is 4.98 Å². The third-order valence-electron chi connectivity index (χ3n) is 4.04. The van der Waals surface area contributed by atoms with Gasteiger partial charge in [-0.25, -0.2) is 0 Å². The third kappa shape index (κ3) is 3.92. The van der Waals surface area contributed by atoms with E-state index in [2.05, 4.69) is 23.2 Å². The van der Waals surface area contributed by atoms with Gasteiger partial charge in [0.05, 0.1) is 0 Å². The molecule has 0 fully saturated rings. The lowest BCUT2D eigenvalue weighted by atomic mass is 9.87. The zero-order valence-electron chi connectivity index (χ0n) is 12.9. The quantitative estimate of drug-likeness (QED) is 0.608. The Hall–Kier alpha value is -2.74.